The van der Waals surface area contributed by atoms with Crippen molar-refractivity contribution in [2.45, 2.75) is 30.0 Å². The molecule has 0 radical (unpaired) electrons. The molecule has 11 heteroatoms. The number of rotatable bonds is 5. The zero-order valence-electron chi connectivity index (χ0n) is 16.4. The maximum atomic E-state index is 12.3. The van der Waals surface area contributed by atoms with Gasteiger partial charge in [0.1, 0.15) is 4.21 Å². The molecule has 4 rings (SSSR count). The SMILES string of the molecule is O=C(C=C=C1CCCc2cnn(Cc3ccc(Cl)cc3Cl)c21)NS(=O)(=O)c1ccc(Cl)s1. The monoisotopic (exact) mass is 527 g/mol. The zero-order chi connectivity index (χ0) is 22.9. The first-order valence-electron chi connectivity index (χ1n) is 9.49. The van der Waals surface area contributed by atoms with Crippen molar-refractivity contribution in [3.63, 3.8) is 0 Å². The van der Waals surface area contributed by atoms with E-state index in [1.807, 2.05) is 15.5 Å². The predicted octanol–water partition coefficient (Wildman–Crippen LogP) is 5.33. The average Bonchev–Trinajstić information content (AvgIpc) is 3.35. The van der Waals surface area contributed by atoms with Crippen molar-refractivity contribution in [1.82, 2.24) is 14.5 Å². The van der Waals surface area contributed by atoms with Crippen LogP contribution in [0.3, 0.4) is 0 Å². The largest absolute Gasteiger partial charge is 0.273 e. The van der Waals surface area contributed by atoms with Crippen LogP contribution in [0.1, 0.15) is 29.7 Å². The number of thiophene rings is 1. The Bertz CT molecular complexity index is 1370. The van der Waals surface area contributed by atoms with Crippen LogP contribution in [0.25, 0.3) is 5.57 Å². The molecule has 1 aliphatic carbocycles. The van der Waals surface area contributed by atoms with Crippen LogP contribution < -0.4 is 4.72 Å². The molecule has 2 heterocycles. The van der Waals surface area contributed by atoms with E-state index in [0.717, 1.165) is 52.6 Å². The highest BCUT2D eigenvalue weighted by molar-refractivity contribution is 7.92. The fourth-order valence-corrected chi connectivity index (χ4v) is 6.30. The second kappa shape index (κ2) is 9.43. The van der Waals surface area contributed by atoms with Crippen LogP contribution in [0.4, 0.5) is 0 Å². The number of sulfonamides is 1. The Kier molecular flexibility index (Phi) is 6.81. The van der Waals surface area contributed by atoms with E-state index >= 15 is 0 Å². The van der Waals surface area contributed by atoms with Crippen LogP contribution in [0.15, 0.2) is 52.5 Å². The summed E-state index contributed by atoms with van der Waals surface area (Å²) >= 11 is 19.0. The molecule has 0 saturated carbocycles. The van der Waals surface area contributed by atoms with Crippen molar-refractivity contribution >= 4 is 67.6 Å². The number of nitrogens with one attached hydrogen (secondary N) is 1. The van der Waals surface area contributed by atoms with Gasteiger partial charge in [0, 0.05) is 21.7 Å². The van der Waals surface area contributed by atoms with Crippen molar-refractivity contribution in [3.05, 3.63) is 79.5 Å². The number of nitrogens with zero attached hydrogens (tertiary/aromatic N) is 2. The lowest BCUT2D eigenvalue weighted by Crippen LogP contribution is -2.28. The standard InChI is InChI=1S/C21H16Cl3N3O3S2/c22-16-6-4-15(17(23)10-16)12-27-21-13(2-1-3-14(21)11-25-27)5-8-19(28)26-32(29,30)20-9-7-18(24)31-20/h4,6-11H,1-3,12H2,(H,26,28). The summed E-state index contributed by atoms with van der Waals surface area (Å²) in [5, 5.41) is 5.57. The fraction of sp³-hybridized carbons (Fsp3) is 0.190. The molecule has 0 atom stereocenters. The van der Waals surface area contributed by atoms with E-state index in [9.17, 15) is 13.2 Å². The van der Waals surface area contributed by atoms with Gasteiger partial charge in [0.25, 0.3) is 15.9 Å². The van der Waals surface area contributed by atoms with Crippen LogP contribution in [0, 0.1) is 0 Å². The number of hydrogen-bond donors (Lipinski definition) is 1. The number of aryl methyl sites for hydroxylation is 1. The lowest BCUT2D eigenvalue weighted by atomic mass is 9.93. The first kappa shape index (κ1) is 23.1. The smallest absolute Gasteiger partial charge is 0.268 e. The molecule has 166 valence electrons. The molecular weight excluding hydrogens is 513 g/mol. The van der Waals surface area contributed by atoms with Crippen LogP contribution in [0.5, 0.6) is 0 Å². The van der Waals surface area contributed by atoms with Gasteiger partial charge in [-0.3, -0.25) is 9.48 Å². The number of carbonyl (C=O) groups excluding carboxylic acids is 1. The molecule has 2 aromatic heterocycles. The summed E-state index contributed by atoms with van der Waals surface area (Å²) in [5.74, 6) is -0.791. The van der Waals surface area contributed by atoms with Gasteiger partial charge < -0.3 is 0 Å². The van der Waals surface area contributed by atoms with Gasteiger partial charge in [-0.15, -0.1) is 17.1 Å². The minimum absolute atomic E-state index is 0.0326. The summed E-state index contributed by atoms with van der Waals surface area (Å²) in [5.41, 5.74) is 6.51. The molecule has 0 bridgehead atoms. The van der Waals surface area contributed by atoms with Gasteiger partial charge in [0.05, 0.1) is 22.8 Å². The molecule has 1 N–H and O–H groups in total. The highest BCUT2D eigenvalue weighted by Crippen LogP contribution is 2.31. The third-order valence-corrected chi connectivity index (χ3v) is 8.49. The number of halogens is 3. The summed E-state index contributed by atoms with van der Waals surface area (Å²) in [6.45, 7) is 0.427. The summed E-state index contributed by atoms with van der Waals surface area (Å²) in [6, 6.07) is 8.09. The Morgan fingerprint density at radius 3 is 2.75 bits per heavy atom. The Morgan fingerprint density at radius 2 is 2.03 bits per heavy atom. The zero-order valence-corrected chi connectivity index (χ0v) is 20.3. The van der Waals surface area contributed by atoms with Gasteiger partial charge in [-0.25, -0.2) is 13.1 Å². The Labute approximate surface area is 204 Å². The molecule has 32 heavy (non-hydrogen) atoms. The first-order valence-corrected chi connectivity index (χ1v) is 12.9. The molecule has 6 nitrogen and oxygen atoms in total. The van der Waals surface area contributed by atoms with Crippen LogP contribution in [-0.4, -0.2) is 24.1 Å². The topological polar surface area (TPSA) is 81.1 Å². The fourth-order valence-electron chi connectivity index (χ4n) is 3.41. The minimum atomic E-state index is -3.99. The van der Waals surface area contributed by atoms with Crippen LogP contribution in [0.2, 0.25) is 14.4 Å². The van der Waals surface area contributed by atoms with E-state index in [1.54, 1.807) is 18.3 Å². The van der Waals surface area contributed by atoms with E-state index in [4.69, 9.17) is 34.8 Å². The normalized spacial score (nSPS) is 13.4. The van der Waals surface area contributed by atoms with Gasteiger partial charge >= 0.3 is 0 Å². The van der Waals surface area contributed by atoms with E-state index in [-0.39, 0.29) is 4.21 Å². The third kappa shape index (κ3) is 5.12. The second-order valence-corrected chi connectivity index (χ2v) is 11.5. The highest BCUT2D eigenvalue weighted by Gasteiger charge is 2.21. The number of aromatic nitrogens is 2. The number of amides is 1. The molecule has 1 amide bonds. The highest BCUT2D eigenvalue weighted by atomic mass is 35.5. The summed E-state index contributed by atoms with van der Waals surface area (Å²) in [7, 11) is -3.99. The van der Waals surface area contributed by atoms with Gasteiger partial charge in [-0.05, 0) is 54.7 Å². The van der Waals surface area contributed by atoms with Gasteiger partial charge in [-0.1, -0.05) is 40.9 Å². The van der Waals surface area contributed by atoms with Gasteiger partial charge in [0.2, 0.25) is 0 Å². The molecule has 0 fully saturated rings. The Balaban J connectivity index is 1.60. The van der Waals surface area contributed by atoms with Crippen LogP contribution in [-0.2, 0) is 27.8 Å². The molecule has 3 aromatic rings. The predicted molar refractivity (Wildman–Crippen MR) is 127 cm³/mol. The molecular formula is C21H16Cl3N3O3S2. The van der Waals surface area contributed by atoms with Crippen molar-refractivity contribution in [3.8, 4) is 0 Å². The average molecular weight is 529 g/mol. The number of carbonyl (C=O) groups is 1. The van der Waals surface area contributed by atoms with Crippen molar-refractivity contribution < 1.29 is 13.2 Å². The van der Waals surface area contributed by atoms with Crippen molar-refractivity contribution in [2.24, 2.45) is 0 Å². The molecule has 0 aliphatic heterocycles. The van der Waals surface area contributed by atoms with Crippen LogP contribution >= 0.6 is 46.1 Å². The summed E-state index contributed by atoms with van der Waals surface area (Å²) in [4.78, 5) is 12.3. The maximum Gasteiger partial charge on any atom is 0.273 e. The van der Waals surface area contributed by atoms with E-state index in [0.29, 0.717) is 27.3 Å². The van der Waals surface area contributed by atoms with Gasteiger partial charge in [0.15, 0.2) is 0 Å². The minimum Gasteiger partial charge on any atom is -0.268 e. The molecule has 1 aliphatic rings. The lowest BCUT2D eigenvalue weighted by Gasteiger charge is -2.16. The Morgan fingerprint density at radius 1 is 1.22 bits per heavy atom. The van der Waals surface area contributed by atoms with E-state index in [1.165, 1.54) is 12.1 Å². The third-order valence-electron chi connectivity index (χ3n) is 4.84. The van der Waals surface area contributed by atoms with Crippen molar-refractivity contribution in [2.75, 3.05) is 0 Å². The molecule has 1 aromatic carbocycles. The quantitative estimate of drug-likeness (QED) is 0.358. The first-order chi connectivity index (χ1) is 15.2. The summed E-state index contributed by atoms with van der Waals surface area (Å²) < 4.78 is 28.7. The summed E-state index contributed by atoms with van der Waals surface area (Å²) in [6.07, 6.45) is 5.32. The lowest BCUT2D eigenvalue weighted by molar-refractivity contribution is -0.114. The molecule has 0 unspecified atom stereocenters. The number of hydrogen-bond acceptors (Lipinski definition) is 5. The van der Waals surface area contributed by atoms with E-state index in [2.05, 4.69) is 10.8 Å². The maximum absolute atomic E-state index is 12.3. The number of benzene rings is 1. The van der Waals surface area contributed by atoms with E-state index < -0.39 is 15.9 Å². The number of fused-ring (bicyclic) bond motifs is 1. The second-order valence-electron chi connectivity index (χ2n) is 7.06. The van der Waals surface area contributed by atoms with Gasteiger partial charge in [-0.2, -0.15) is 5.10 Å². The molecule has 0 spiro atoms. The van der Waals surface area contributed by atoms with Crippen molar-refractivity contribution in [1.29, 1.82) is 0 Å². The Hall–Kier alpha value is -2.06. The molecule has 0 saturated heterocycles.